The summed E-state index contributed by atoms with van der Waals surface area (Å²) in [7, 11) is -0.194. The minimum atomic E-state index is -0.194. The fourth-order valence-electron chi connectivity index (χ4n) is 5.34. The Hall–Kier alpha value is -0.0200. The van der Waals surface area contributed by atoms with E-state index in [1.165, 1.54) is 90.4 Å². The van der Waals surface area contributed by atoms with Gasteiger partial charge in [0, 0.05) is 47.3 Å². The molecule has 4 fully saturated rings. The molecule has 4 aliphatic rings. The molecule has 4 aliphatic heterocycles. The molecule has 0 N–H and O–H groups in total. The van der Waals surface area contributed by atoms with Gasteiger partial charge in [-0.1, -0.05) is 0 Å². The van der Waals surface area contributed by atoms with E-state index in [4.69, 9.17) is 4.99 Å². The fourth-order valence-corrected chi connectivity index (χ4v) is 8.62. The summed E-state index contributed by atoms with van der Waals surface area (Å²) >= 11 is 0. The number of rotatable bonds is 3. The Labute approximate surface area is 155 Å². The van der Waals surface area contributed by atoms with Crippen LogP contribution in [0.4, 0.5) is 0 Å². The first kappa shape index (κ1) is 18.3. The highest BCUT2D eigenvalue weighted by Crippen LogP contribution is 2.58. The molecule has 0 aromatic carbocycles. The van der Waals surface area contributed by atoms with Gasteiger partial charge in [-0.2, -0.15) is 0 Å². The molecule has 4 rings (SSSR count). The summed E-state index contributed by atoms with van der Waals surface area (Å²) in [5, 5.41) is 0. The van der Waals surface area contributed by atoms with Gasteiger partial charge in [-0.3, -0.25) is 19.5 Å². The van der Waals surface area contributed by atoms with Crippen LogP contribution in [-0.4, -0.2) is 76.6 Å². The molecule has 0 aromatic heterocycles. The van der Waals surface area contributed by atoms with Crippen molar-refractivity contribution in [2.75, 3.05) is 45.4 Å². The smallest absolute Gasteiger partial charge is 0.119 e. The van der Waals surface area contributed by atoms with Crippen LogP contribution < -0.4 is 0 Å². The van der Waals surface area contributed by atoms with Crippen molar-refractivity contribution < 1.29 is 0 Å². The van der Waals surface area contributed by atoms with Crippen LogP contribution >= 0.6 is 8.07 Å². The van der Waals surface area contributed by atoms with E-state index in [1.807, 2.05) is 0 Å². The van der Waals surface area contributed by atoms with Gasteiger partial charge in [0.15, 0.2) is 0 Å². The predicted molar refractivity (Wildman–Crippen MR) is 109 cm³/mol. The Morgan fingerprint density at radius 1 is 0.800 bits per heavy atom. The molecule has 1 unspecified atom stereocenters. The lowest BCUT2D eigenvalue weighted by atomic mass is 10.0. The predicted octanol–water partition coefficient (Wildman–Crippen LogP) is 3.97. The molecule has 25 heavy (non-hydrogen) atoms. The lowest BCUT2D eigenvalue weighted by Crippen LogP contribution is -2.62. The first-order valence-corrected chi connectivity index (χ1v) is 12.1. The molecule has 0 radical (unpaired) electrons. The summed E-state index contributed by atoms with van der Waals surface area (Å²) < 4.78 is 2.83. The van der Waals surface area contributed by atoms with Crippen molar-refractivity contribution in [2.45, 2.75) is 76.9 Å². The summed E-state index contributed by atoms with van der Waals surface area (Å²) in [5.74, 6) is 0. The molecule has 0 bridgehead atoms. The quantitative estimate of drug-likeness (QED) is 0.708. The van der Waals surface area contributed by atoms with Crippen molar-refractivity contribution in [2.24, 2.45) is 4.99 Å². The van der Waals surface area contributed by atoms with Crippen LogP contribution in [0.3, 0.4) is 0 Å². The molecular formula is C20H37N4P. The minimum Gasteiger partial charge on any atom is -0.280 e. The zero-order chi connectivity index (χ0) is 17.5. The van der Waals surface area contributed by atoms with Crippen molar-refractivity contribution >= 4 is 13.5 Å². The summed E-state index contributed by atoms with van der Waals surface area (Å²) in [5.41, 5.74) is 1.79. The Bertz CT molecular complexity index is 478. The van der Waals surface area contributed by atoms with Crippen LogP contribution in [0.2, 0.25) is 0 Å². The van der Waals surface area contributed by atoms with E-state index in [0.717, 1.165) is 0 Å². The topological polar surface area (TPSA) is 22.1 Å². The Morgan fingerprint density at radius 2 is 1.28 bits per heavy atom. The third kappa shape index (κ3) is 3.45. The van der Waals surface area contributed by atoms with E-state index in [9.17, 15) is 0 Å². The van der Waals surface area contributed by atoms with Crippen molar-refractivity contribution in [1.82, 2.24) is 14.5 Å². The normalized spacial score (nSPS) is 33.9. The van der Waals surface area contributed by atoms with Crippen LogP contribution in [-0.2, 0) is 0 Å². The molecule has 142 valence electrons. The van der Waals surface area contributed by atoms with Crippen LogP contribution in [0.15, 0.2) is 4.99 Å². The second-order valence-electron chi connectivity index (χ2n) is 9.35. The fraction of sp³-hybridized carbons (Fsp3) is 0.950. The highest BCUT2D eigenvalue weighted by atomic mass is 31.1. The van der Waals surface area contributed by atoms with Crippen LogP contribution in [0, 0.1) is 0 Å². The number of hydrogen-bond donors (Lipinski definition) is 0. The van der Waals surface area contributed by atoms with E-state index in [-0.39, 0.29) is 19.3 Å². The van der Waals surface area contributed by atoms with Gasteiger partial charge < -0.3 is 0 Å². The molecule has 4 heterocycles. The van der Waals surface area contributed by atoms with Crippen molar-refractivity contribution in [1.29, 1.82) is 0 Å². The molecule has 4 nitrogen and oxygen atoms in total. The van der Waals surface area contributed by atoms with Crippen molar-refractivity contribution in [3.05, 3.63) is 0 Å². The minimum absolute atomic E-state index is 0.0324. The van der Waals surface area contributed by atoms with Crippen LogP contribution in [0.25, 0.3) is 0 Å². The van der Waals surface area contributed by atoms with Gasteiger partial charge in [-0.15, -0.1) is 0 Å². The molecule has 0 amide bonds. The molecule has 5 heteroatoms. The molecular weight excluding hydrogens is 327 g/mol. The third-order valence-corrected chi connectivity index (χ3v) is 9.08. The SMILES string of the molecule is CC(C)(C)/N=C1\P(N2CCCC2)CCC1(N1CCCC1)N1CCCC1. The van der Waals surface area contributed by atoms with Crippen LogP contribution in [0.5, 0.6) is 0 Å². The average molecular weight is 365 g/mol. The van der Waals surface area contributed by atoms with E-state index >= 15 is 0 Å². The molecule has 0 aliphatic carbocycles. The Kier molecular flexibility index (Phi) is 5.27. The highest BCUT2D eigenvalue weighted by molar-refractivity contribution is 7.74. The maximum Gasteiger partial charge on any atom is 0.119 e. The van der Waals surface area contributed by atoms with Gasteiger partial charge in [0.1, 0.15) is 5.66 Å². The second-order valence-corrected chi connectivity index (χ2v) is 11.6. The number of nitrogens with zero attached hydrogens (tertiary/aromatic N) is 4. The number of hydrogen-bond acceptors (Lipinski definition) is 4. The zero-order valence-corrected chi connectivity index (χ0v) is 17.5. The van der Waals surface area contributed by atoms with E-state index in [0.29, 0.717) is 0 Å². The van der Waals surface area contributed by atoms with Gasteiger partial charge in [0.25, 0.3) is 0 Å². The summed E-state index contributed by atoms with van der Waals surface area (Å²) in [6, 6.07) is 0. The molecule has 0 aromatic rings. The zero-order valence-electron chi connectivity index (χ0n) is 16.6. The molecule has 0 saturated carbocycles. The first-order chi connectivity index (χ1) is 12.0. The van der Waals surface area contributed by atoms with E-state index in [2.05, 4.69) is 35.2 Å². The van der Waals surface area contributed by atoms with Gasteiger partial charge in [0.2, 0.25) is 0 Å². The van der Waals surface area contributed by atoms with Crippen LogP contribution in [0.1, 0.15) is 65.7 Å². The summed E-state index contributed by atoms with van der Waals surface area (Å²) in [6.45, 7) is 14.6. The molecule has 4 saturated heterocycles. The first-order valence-electron chi connectivity index (χ1n) is 10.6. The maximum absolute atomic E-state index is 5.50. The Balaban J connectivity index is 1.75. The third-order valence-electron chi connectivity index (χ3n) is 6.40. The maximum atomic E-state index is 5.50. The lowest BCUT2D eigenvalue weighted by molar-refractivity contribution is 0.0282. The van der Waals surface area contributed by atoms with E-state index < -0.39 is 0 Å². The van der Waals surface area contributed by atoms with Gasteiger partial charge >= 0.3 is 0 Å². The van der Waals surface area contributed by atoms with Crippen molar-refractivity contribution in [3.8, 4) is 0 Å². The van der Waals surface area contributed by atoms with Gasteiger partial charge in [-0.25, -0.2) is 0 Å². The van der Waals surface area contributed by atoms with E-state index in [1.54, 1.807) is 5.45 Å². The highest BCUT2D eigenvalue weighted by Gasteiger charge is 2.56. The van der Waals surface area contributed by atoms with Gasteiger partial charge in [-0.05, 0) is 71.9 Å². The molecule has 1 atom stereocenters. The lowest BCUT2D eigenvalue weighted by Gasteiger charge is -2.47. The monoisotopic (exact) mass is 364 g/mol. The van der Waals surface area contributed by atoms with Crippen molar-refractivity contribution in [3.63, 3.8) is 0 Å². The second kappa shape index (κ2) is 7.19. The largest absolute Gasteiger partial charge is 0.280 e. The summed E-state index contributed by atoms with van der Waals surface area (Å²) in [6.07, 6.45) is 11.0. The number of likely N-dealkylation sites (tertiary alicyclic amines) is 2. The standard InChI is InChI=1S/C20H37N4P/c1-19(2,3)21-18-20(22-11-4-5-12-22,23-13-6-7-14-23)10-17-25(18)24-15-8-9-16-24/h4-17H2,1-3H3/b21-18-. The summed E-state index contributed by atoms with van der Waals surface area (Å²) in [4.78, 5) is 11.2. The molecule has 0 spiro atoms. The average Bonchev–Trinajstić information content (AvgIpc) is 3.33. The number of aliphatic imine (C=N–C) groups is 1. The van der Waals surface area contributed by atoms with Gasteiger partial charge in [0.05, 0.1) is 11.0 Å². The Morgan fingerprint density at radius 3 is 1.76 bits per heavy atom.